The van der Waals surface area contributed by atoms with Crippen LogP contribution >= 0.6 is 0 Å². The normalized spacial score (nSPS) is 10.6. The molecule has 0 fully saturated rings. The maximum Gasteiger partial charge on any atom is 0.145 e. The van der Waals surface area contributed by atoms with E-state index in [2.05, 4.69) is 10.3 Å². The maximum atomic E-state index is 12.9. The predicted molar refractivity (Wildman–Crippen MR) is 82.0 cm³/mol. The molecule has 0 aliphatic rings. The Balaban J connectivity index is 1.82. The van der Waals surface area contributed by atoms with Crippen molar-refractivity contribution < 1.29 is 9.13 Å². The lowest BCUT2D eigenvalue weighted by atomic mass is 10.2. The Morgan fingerprint density at radius 3 is 2.62 bits per heavy atom. The van der Waals surface area contributed by atoms with Gasteiger partial charge in [-0.05, 0) is 36.4 Å². The van der Waals surface area contributed by atoms with Crippen molar-refractivity contribution in [2.24, 2.45) is 0 Å². The Morgan fingerprint density at radius 2 is 1.86 bits per heavy atom. The number of ether oxygens (including phenoxy) is 1. The monoisotopic (exact) mass is 282 g/mol. The quantitative estimate of drug-likeness (QED) is 0.785. The summed E-state index contributed by atoms with van der Waals surface area (Å²) in [5, 5.41) is 4.26. The summed E-state index contributed by atoms with van der Waals surface area (Å²) in [5.74, 6) is 0.519. The number of rotatable bonds is 4. The van der Waals surface area contributed by atoms with E-state index >= 15 is 0 Å². The molecule has 3 aromatic rings. The van der Waals surface area contributed by atoms with Crippen LogP contribution in [0.1, 0.15) is 5.69 Å². The number of anilines is 1. The van der Waals surface area contributed by atoms with Crippen LogP contribution in [0.4, 0.5) is 10.1 Å². The molecule has 0 atom stereocenters. The summed E-state index contributed by atoms with van der Waals surface area (Å²) in [6.07, 6.45) is 0. The van der Waals surface area contributed by atoms with Crippen molar-refractivity contribution in [3.05, 3.63) is 66.1 Å². The third kappa shape index (κ3) is 2.94. The van der Waals surface area contributed by atoms with Crippen molar-refractivity contribution in [1.29, 1.82) is 0 Å². The van der Waals surface area contributed by atoms with E-state index in [1.165, 1.54) is 12.1 Å². The highest BCUT2D eigenvalue weighted by atomic mass is 19.1. The molecule has 0 radical (unpaired) electrons. The smallest absolute Gasteiger partial charge is 0.145 e. The summed E-state index contributed by atoms with van der Waals surface area (Å²) >= 11 is 0. The van der Waals surface area contributed by atoms with Crippen LogP contribution in [0.15, 0.2) is 54.6 Å². The molecule has 0 amide bonds. The van der Waals surface area contributed by atoms with Gasteiger partial charge in [0.05, 0.1) is 19.3 Å². The van der Waals surface area contributed by atoms with Crippen molar-refractivity contribution in [3.8, 4) is 5.75 Å². The van der Waals surface area contributed by atoms with Crippen LogP contribution in [-0.2, 0) is 6.54 Å². The number of nitrogens with zero attached hydrogens (tertiary/aromatic N) is 1. The molecular weight excluding hydrogens is 267 g/mol. The molecule has 1 aromatic heterocycles. The minimum atomic E-state index is -0.242. The van der Waals surface area contributed by atoms with Crippen molar-refractivity contribution in [3.63, 3.8) is 0 Å². The third-order valence-corrected chi connectivity index (χ3v) is 3.28. The van der Waals surface area contributed by atoms with E-state index in [1.54, 1.807) is 19.2 Å². The Hall–Kier alpha value is -2.62. The molecular formula is C17H15FN2O. The summed E-state index contributed by atoms with van der Waals surface area (Å²) in [4.78, 5) is 4.62. The molecule has 1 heterocycles. The van der Waals surface area contributed by atoms with Crippen LogP contribution in [0, 0.1) is 5.82 Å². The first-order valence-electron chi connectivity index (χ1n) is 6.68. The molecule has 4 heteroatoms. The van der Waals surface area contributed by atoms with Crippen LogP contribution in [0.2, 0.25) is 0 Å². The van der Waals surface area contributed by atoms with E-state index < -0.39 is 0 Å². The van der Waals surface area contributed by atoms with Crippen LogP contribution in [0.3, 0.4) is 0 Å². The standard InChI is InChI=1S/C17H15FN2O/c1-21-16-4-2-3-12-5-8-15(20-17(12)16)11-19-14-9-6-13(18)7-10-14/h2-10,19H,11H2,1H3. The highest BCUT2D eigenvalue weighted by molar-refractivity contribution is 5.84. The molecule has 1 N–H and O–H groups in total. The topological polar surface area (TPSA) is 34.1 Å². The van der Waals surface area contributed by atoms with E-state index in [9.17, 15) is 4.39 Å². The fourth-order valence-electron chi connectivity index (χ4n) is 2.18. The first-order valence-corrected chi connectivity index (χ1v) is 6.68. The van der Waals surface area contributed by atoms with Crippen molar-refractivity contribution in [1.82, 2.24) is 4.98 Å². The number of pyridine rings is 1. The fraction of sp³-hybridized carbons (Fsp3) is 0.118. The maximum absolute atomic E-state index is 12.9. The number of hydrogen-bond acceptors (Lipinski definition) is 3. The highest BCUT2D eigenvalue weighted by Crippen LogP contribution is 2.23. The van der Waals surface area contributed by atoms with Crippen molar-refractivity contribution >= 4 is 16.6 Å². The van der Waals surface area contributed by atoms with Crippen molar-refractivity contribution in [2.75, 3.05) is 12.4 Å². The lowest BCUT2D eigenvalue weighted by molar-refractivity contribution is 0.419. The zero-order chi connectivity index (χ0) is 14.7. The summed E-state index contributed by atoms with van der Waals surface area (Å²) < 4.78 is 18.2. The van der Waals surface area contributed by atoms with Gasteiger partial charge in [-0.3, -0.25) is 0 Å². The zero-order valence-electron chi connectivity index (χ0n) is 11.6. The van der Waals surface area contributed by atoms with Crippen LogP contribution in [0.25, 0.3) is 10.9 Å². The summed E-state index contributed by atoms with van der Waals surface area (Å²) in [6, 6.07) is 16.1. The number of nitrogens with one attached hydrogen (secondary N) is 1. The van der Waals surface area contributed by atoms with Gasteiger partial charge in [0.25, 0.3) is 0 Å². The Morgan fingerprint density at radius 1 is 1.05 bits per heavy atom. The molecule has 2 aromatic carbocycles. The fourth-order valence-corrected chi connectivity index (χ4v) is 2.18. The molecule has 3 rings (SSSR count). The van der Waals surface area contributed by atoms with E-state index in [4.69, 9.17) is 4.74 Å². The Labute approximate surface area is 122 Å². The number of fused-ring (bicyclic) bond motifs is 1. The molecule has 0 unspecified atom stereocenters. The number of benzene rings is 2. The Bertz CT molecular complexity index is 756. The molecule has 3 nitrogen and oxygen atoms in total. The second kappa shape index (κ2) is 5.79. The lowest BCUT2D eigenvalue weighted by Gasteiger charge is -2.09. The second-order valence-corrected chi connectivity index (χ2v) is 4.70. The second-order valence-electron chi connectivity index (χ2n) is 4.70. The van der Waals surface area contributed by atoms with E-state index in [1.807, 2.05) is 30.3 Å². The number of hydrogen-bond donors (Lipinski definition) is 1. The van der Waals surface area contributed by atoms with Gasteiger partial charge in [0.1, 0.15) is 17.1 Å². The number of aromatic nitrogens is 1. The van der Waals surface area contributed by atoms with Gasteiger partial charge in [0.2, 0.25) is 0 Å². The van der Waals surface area contributed by atoms with Gasteiger partial charge < -0.3 is 10.1 Å². The minimum absolute atomic E-state index is 0.242. The molecule has 0 saturated carbocycles. The van der Waals surface area contributed by atoms with Gasteiger partial charge in [-0.15, -0.1) is 0 Å². The average Bonchev–Trinajstić information content (AvgIpc) is 2.53. The lowest BCUT2D eigenvalue weighted by Crippen LogP contribution is -2.02. The summed E-state index contributed by atoms with van der Waals surface area (Å²) in [7, 11) is 1.64. The molecule has 106 valence electrons. The minimum Gasteiger partial charge on any atom is -0.494 e. The third-order valence-electron chi connectivity index (χ3n) is 3.28. The molecule has 0 aliphatic carbocycles. The SMILES string of the molecule is COc1cccc2ccc(CNc3ccc(F)cc3)nc12. The number of para-hydroxylation sites is 1. The largest absolute Gasteiger partial charge is 0.494 e. The molecule has 0 saturated heterocycles. The van der Waals surface area contributed by atoms with Crippen molar-refractivity contribution in [2.45, 2.75) is 6.54 Å². The average molecular weight is 282 g/mol. The van der Waals surface area contributed by atoms with Gasteiger partial charge in [0.15, 0.2) is 0 Å². The van der Waals surface area contributed by atoms with Crippen LogP contribution < -0.4 is 10.1 Å². The first kappa shape index (κ1) is 13.4. The Kier molecular flexibility index (Phi) is 3.69. The first-order chi connectivity index (χ1) is 10.3. The van der Waals surface area contributed by atoms with E-state index in [0.29, 0.717) is 6.54 Å². The number of halogens is 1. The van der Waals surface area contributed by atoms with E-state index in [-0.39, 0.29) is 5.82 Å². The number of methoxy groups -OCH3 is 1. The highest BCUT2D eigenvalue weighted by Gasteiger charge is 2.04. The van der Waals surface area contributed by atoms with Gasteiger partial charge >= 0.3 is 0 Å². The molecule has 0 spiro atoms. The summed E-state index contributed by atoms with van der Waals surface area (Å²) in [6.45, 7) is 0.569. The van der Waals surface area contributed by atoms with Gasteiger partial charge in [0, 0.05) is 11.1 Å². The van der Waals surface area contributed by atoms with Crippen LogP contribution in [0.5, 0.6) is 5.75 Å². The van der Waals surface area contributed by atoms with Gasteiger partial charge in [-0.1, -0.05) is 18.2 Å². The van der Waals surface area contributed by atoms with Gasteiger partial charge in [-0.2, -0.15) is 0 Å². The molecule has 21 heavy (non-hydrogen) atoms. The summed E-state index contributed by atoms with van der Waals surface area (Å²) in [5.41, 5.74) is 2.60. The van der Waals surface area contributed by atoms with E-state index in [0.717, 1.165) is 28.0 Å². The predicted octanol–water partition coefficient (Wildman–Crippen LogP) is 3.99. The van der Waals surface area contributed by atoms with Crippen LogP contribution in [-0.4, -0.2) is 12.1 Å². The zero-order valence-corrected chi connectivity index (χ0v) is 11.6. The van der Waals surface area contributed by atoms with Gasteiger partial charge in [-0.25, -0.2) is 9.37 Å². The molecule has 0 aliphatic heterocycles. The molecule has 0 bridgehead atoms.